The molecule has 0 saturated carbocycles. The summed E-state index contributed by atoms with van der Waals surface area (Å²) >= 11 is 0. The molecule has 2 heterocycles. The minimum atomic E-state index is -1.65. The molecule has 1 amide bonds. The fourth-order valence-electron chi connectivity index (χ4n) is 8.46. The lowest BCUT2D eigenvalue weighted by Crippen LogP contribution is -2.60. The molecule has 7 N–H and O–H groups in total. The smallest absolute Gasteiger partial charge is 0.220 e. The second kappa shape index (κ2) is 33.1. The van der Waals surface area contributed by atoms with E-state index in [1.807, 2.05) is 0 Å². The molecule has 0 unspecified atom stereocenters. The summed E-state index contributed by atoms with van der Waals surface area (Å²) in [6.45, 7) is 4.08. The Hall–Kier alpha value is -2.42. The van der Waals surface area contributed by atoms with Gasteiger partial charge in [0.1, 0.15) is 36.6 Å². The number of carbonyl (C=O) groups excluding carboxylic acids is 1. The van der Waals surface area contributed by atoms with Crippen LogP contribution in [0.4, 0.5) is 0 Å². The van der Waals surface area contributed by atoms with Crippen LogP contribution >= 0.6 is 0 Å². The first-order chi connectivity index (χ1) is 30.2. The molecule has 1 aromatic carbocycles. The van der Waals surface area contributed by atoms with Gasteiger partial charge in [0.2, 0.25) is 5.91 Å². The summed E-state index contributed by atoms with van der Waals surface area (Å²) in [5, 5.41) is 70.4. The first-order valence-electron chi connectivity index (χ1n) is 24.9. The molecule has 0 bridgehead atoms. The summed E-state index contributed by atoms with van der Waals surface area (Å²) in [7, 11) is 0. The number of hydrogen-bond acceptors (Lipinski definition) is 10. The predicted molar refractivity (Wildman–Crippen MR) is 245 cm³/mol. The summed E-state index contributed by atoms with van der Waals surface area (Å²) in [6.07, 6.45) is 24.9. The average molecular weight is 874 g/mol. The topological polar surface area (TPSA) is 187 Å². The standard InChI is InChI=1S/C50H87N3O9/c1-3-5-6-7-8-9-10-11-12-13-14-15-16-17-18-19-20-21-22-23-24-29-44(55)52-42(38-61-50-49(60)48(59)47(58)43(37-54)62-50)46(57)45(56)41-35-51-53(36-41)34-26-25-28-40-32-30-39(27-4-2)31-33-40/h30-33,35-36,42-43,45-50,54,56-60H,3-29,34,37-38H2,1-2H3,(H,52,55)/t42-,43+,45+,46-,47-,48-,49+,50-/m0/s1. The highest BCUT2D eigenvalue weighted by Crippen LogP contribution is 2.25. The highest BCUT2D eigenvalue weighted by molar-refractivity contribution is 5.76. The number of amides is 1. The van der Waals surface area contributed by atoms with Crippen LogP contribution in [-0.4, -0.2) is 102 Å². The Morgan fingerprint density at radius 3 is 1.73 bits per heavy atom. The zero-order valence-corrected chi connectivity index (χ0v) is 38.6. The van der Waals surface area contributed by atoms with Crippen molar-refractivity contribution in [1.82, 2.24) is 15.1 Å². The number of hydrogen-bond donors (Lipinski definition) is 7. The van der Waals surface area contributed by atoms with Crippen molar-refractivity contribution in [3.63, 3.8) is 0 Å². The number of ether oxygens (including phenoxy) is 2. The van der Waals surface area contributed by atoms with Gasteiger partial charge < -0.3 is 45.4 Å². The SMILES string of the molecule is CCCCCCCCCCCCCCCCCCCCCCCC(=O)N[C@@H](CO[C@H]1O[C@H](CO)[C@H](O)[C@H](O)[C@H]1O)[C@H](O)[C@H](O)c1cnn(CCCCc2ccc(CCC)cc2)c1. The van der Waals surface area contributed by atoms with Gasteiger partial charge in [0.15, 0.2) is 6.29 Å². The van der Waals surface area contributed by atoms with E-state index in [2.05, 4.69) is 48.5 Å². The van der Waals surface area contributed by atoms with Gasteiger partial charge in [0.05, 0.1) is 25.5 Å². The van der Waals surface area contributed by atoms with Crippen molar-refractivity contribution in [2.45, 2.75) is 243 Å². The third-order valence-corrected chi connectivity index (χ3v) is 12.5. The summed E-state index contributed by atoms with van der Waals surface area (Å²) in [4.78, 5) is 13.2. The quantitative estimate of drug-likeness (QED) is 0.0327. The number of nitrogens with zero attached hydrogens (tertiary/aromatic N) is 2. The van der Waals surface area contributed by atoms with E-state index in [9.17, 15) is 35.4 Å². The largest absolute Gasteiger partial charge is 0.394 e. The first-order valence-corrected chi connectivity index (χ1v) is 24.9. The maximum absolute atomic E-state index is 13.2. The van der Waals surface area contributed by atoms with E-state index in [1.165, 1.54) is 126 Å². The second-order valence-corrected chi connectivity index (χ2v) is 18.0. The lowest BCUT2D eigenvalue weighted by molar-refractivity contribution is -0.303. The molecular weight excluding hydrogens is 787 g/mol. The summed E-state index contributed by atoms with van der Waals surface area (Å²) in [5.41, 5.74) is 3.02. The molecule has 1 fully saturated rings. The minimum absolute atomic E-state index is 0.235. The molecule has 0 spiro atoms. The zero-order valence-electron chi connectivity index (χ0n) is 38.6. The Morgan fingerprint density at radius 1 is 0.694 bits per heavy atom. The first kappa shape index (κ1) is 53.9. The summed E-state index contributed by atoms with van der Waals surface area (Å²) in [6, 6.07) is 7.65. The van der Waals surface area contributed by atoms with E-state index in [0.29, 0.717) is 18.5 Å². The Morgan fingerprint density at radius 2 is 1.21 bits per heavy atom. The van der Waals surface area contributed by atoms with Crippen LogP contribution in [0.3, 0.4) is 0 Å². The molecular formula is C50H87N3O9. The van der Waals surface area contributed by atoms with Crippen molar-refractivity contribution >= 4 is 5.91 Å². The van der Waals surface area contributed by atoms with Crippen LogP contribution in [0.25, 0.3) is 0 Å². The van der Waals surface area contributed by atoms with Crippen LogP contribution < -0.4 is 5.32 Å². The third kappa shape index (κ3) is 21.5. The molecule has 2 aromatic rings. The Balaban J connectivity index is 1.35. The molecule has 1 aliphatic heterocycles. The molecule has 12 heteroatoms. The lowest BCUT2D eigenvalue weighted by Gasteiger charge is -2.40. The van der Waals surface area contributed by atoms with Gasteiger partial charge in [-0.3, -0.25) is 9.48 Å². The molecule has 1 aromatic heterocycles. The van der Waals surface area contributed by atoms with E-state index < -0.39 is 55.6 Å². The fourth-order valence-corrected chi connectivity index (χ4v) is 8.46. The van der Waals surface area contributed by atoms with Crippen molar-refractivity contribution in [1.29, 1.82) is 0 Å². The zero-order chi connectivity index (χ0) is 44.8. The number of rotatable bonds is 37. The molecule has 356 valence electrons. The van der Waals surface area contributed by atoms with Crippen LogP contribution in [0.5, 0.6) is 0 Å². The summed E-state index contributed by atoms with van der Waals surface area (Å²) < 4.78 is 12.9. The van der Waals surface area contributed by atoms with Crippen molar-refractivity contribution in [2.75, 3.05) is 13.2 Å². The van der Waals surface area contributed by atoms with Gasteiger partial charge in [-0.2, -0.15) is 5.10 Å². The van der Waals surface area contributed by atoms with Gasteiger partial charge in [-0.15, -0.1) is 0 Å². The highest BCUT2D eigenvalue weighted by atomic mass is 16.7. The molecule has 3 rings (SSSR count). The number of aliphatic hydroxyl groups is 6. The monoisotopic (exact) mass is 874 g/mol. The van der Waals surface area contributed by atoms with Crippen LogP contribution in [0.15, 0.2) is 36.7 Å². The van der Waals surface area contributed by atoms with Crippen LogP contribution in [-0.2, 0) is 33.7 Å². The van der Waals surface area contributed by atoms with Crippen LogP contribution in [0, 0.1) is 0 Å². The Bertz CT molecular complexity index is 1390. The van der Waals surface area contributed by atoms with Crippen molar-refractivity contribution in [2.24, 2.45) is 0 Å². The number of aryl methyl sites for hydroxylation is 3. The lowest BCUT2D eigenvalue weighted by atomic mass is 9.99. The van der Waals surface area contributed by atoms with E-state index in [0.717, 1.165) is 51.4 Å². The van der Waals surface area contributed by atoms with Gasteiger partial charge in [-0.25, -0.2) is 0 Å². The van der Waals surface area contributed by atoms with Crippen LogP contribution in [0.2, 0.25) is 0 Å². The maximum atomic E-state index is 13.2. The van der Waals surface area contributed by atoms with E-state index in [1.54, 1.807) is 10.9 Å². The number of carbonyl (C=O) groups is 1. The molecule has 62 heavy (non-hydrogen) atoms. The van der Waals surface area contributed by atoms with Gasteiger partial charge in [0.25, 0.3) is 0 Å². The molecule has 12 nitrogen and oxygen atoms in total. The molecule has 1 saturated heterocycles. The van der Waals surface area contributed by atoms with Crippen molar-refractivity contribution < 1.29 is 44.9 Å². The van der Waals surface area contributed by atoms with E-state index >= 15 is 0 Å². The van der Waals surface area contributed by atoms with E-state index in [4.69, 9.17) is 9.47 Å². The van der Waals surface area contributed by atoms with E-state index in [-0.39, 0.29) is 18.9 Å². The molecule has 1 aliphatic rings. The third-order valence-electron chi connectivity index (χ3n) is 12.5. The number of aliphatic hydroxyl groups excluding tert-OH is 6. The fraction of sp³-hybridized carbons (Fsp3) is 0.800. The molecule has 0 aliphatic carbocycles. The average Bonchev–Trinajstić information content (AvgIpc) is 3.76. The summed E-state index contributed by atoms with van der Waals surface area (Å²) in [5.74, 6) is -0.313. The van der Waals surface area contributed by atoms with Gasteiger partial charge in [-0.05, 0) is 43.2 Å². The van der Waals surface area contributed by atoms with Gasteiger partial charge >= 0.3 is 0 Å². The Kier molecular flexibility index (Phi) is 28.8. The number of unbranched alkanes of at least 4 members (excludes halogenated alkanes) is 21. The van der Waals surface area contributed by atoms with Gasteiger partial charge in [-0.1, -0.05) is 173 Å². The number of nitrogens with one attached hydrogen (secondary N) is 1. The minimum Gasteiger partial charge on any atom is -0.394 e. The Labute approximate surface area is 374 Å². The molecule has 0 radical (unpaired) electrons. The highest BCUT2D eigenvalue weighted by Gasteiger charge is 2.44. The van der Waals surface area contributed by atoms with Crippen LogP contribution in [0.1, 0.15) is 197 Å². The number of aromatic nitrogens is 2. The second-order valence-electron chi connectivity index (χ2n) is 18.0. The predicted octanol–water partition coefficient (Wildman–Crippen LogP) is 8.16. The normalized spacial score (nSPS) is 20.6. The number of benzene rings is 1. The van der Waals surface area contributed by atoms with Crippen molar-refractivity contribution in [3.05, 3.63) is 53.3 Å². The maximum Gasteiger partial charge on any atom is 0.220 e. The van der Waals surface area contributed by atoms with Crippen molar-refractivity contribution in [3.8, 4) is 0 Å². The van der Waals surface area contributed by atoms with Gasteiger partial charge in [0, 0.05) is 24.7 Å². The molecule has 8 atom stereocenters.